The van der Waals surface area contributed by atoms with Gasteiger partial charge >= 0.3 is 0 Å². The van der Waals surface area contributed by atoms with Crippen LogP contribution in [0.15, 0.2) is 0 Å². The van der Waals surface area contributed by atoms with E-state index in [2.05, 4.69) is 10.2 Å². The lowest BCUT2D eigenvalue weighted by Gasteiger charge is -2.26. The van der Waals surface area contributed by atoms with Gasteiger partial charge in [-0.05, 0) is 77.2 Å². The van der Waals surface area contributed by atoms with E-state index in [0.717, 1.165) is 5.92 Å². The van der Waals surface area contributed by atoms with Gasteiger partial charge in [-0.3, -0.25) is 0 Å². The van der Waals surface area contributed by atoms with Crippen LogP contribution in [0.4, 0.5) is 0 Å². The fraction of sp³-hybridized carbons (Fsp3) is 1.00. The number of likely N-dealkylation sites (tertiary alicyclic amines) is 1. The van der Waals surface area contributed by atoms with Crippen LogP contribution in [0.2, 0.25) is 0 Å². The highest BCUT2D eigenvalue weighted by Crippen LogP contribution is 2.17. The molecule has 1 unspecified atom stereocenters. The van der Waals surface area contributed by atoms with Crippen molar-refractivity contribution in [3.8, 4) is 0 Å². The second kappa shape index (κ2) is 8.10. The van der Waals surface area contributed by atoms with E-state index in [4.69, 9.17) is 0 Å². The molecule has 2 saturated heterocycles. The molecule has 2 fully saturated rings. The molecule has 100 valence electrons. The second-order valence-electron chi connectivity index (χ2n) is 5.96. The standard InChI is InChI=1S/C15H30N2/c1-2-4-11-17(12-5-3-1)13-7-9-15-8-6-10-16-14-15/h15-16H,1-14H2. The fourth-order valence-corrected chi connectivity index (χ4v) is 3.31. The number of hydrogen-bond donors (Lipinski definition) is 1. The Labute approximate surface area is 107 Å². The SMILES string of the molecule is C1CCCN(CCCC2CCCNC2)CCC1. The lowest BCUT2D eigenvalue weighted by molar-refractivity contribution is 0.232. The molecule has 2 aliphatic rings. The largest absolute Gasteiger partial charge is 0.316 e. The maximum Gasteiger partial charge on any atom is -0.00186 e. The summed E-state index contributed by atoms with van der Waals surface area (Å²) in [6, 6.07) is 0. The first kappa shape index (κ1) is 13.4. The highest BCUT2D eigenvalue weighted by atomic mass is 15.1. The lowest BCUT2D eigenvalue weighted by atomic mass is 9.94. The molecule has 0 aromatic heterocycles. The number of hydrogen-bond acceptors (Lipinski definition) is 2. The first-order valence-corrected chi connectivity index (χ1v) is 7.88. The van der Waals surface area contributed by atoms with Gasteiger partial charge in [0.25, 0.3) is 0 Å². The molecule has 2 aliphatic heterocycles. The van der Waals surface area contributed by atoms with Gasteiger partial charge in [-0.15, -0.1) is 0 Å². The van der Waals surface area contributed by atoms with Crippen molar-refractivity contribution in [2.75, 3.05) is 32.7 Å². The molecule has 17 heavy (non-hydrogen) atoms. The molecule has 0 aliphatic carbocycles. The zero-order valence-corrected chi connectivity index (χ0v) is 11.4. The van der Waals surface area contributed by atoms with Gasteiger partial charge in [0, 0.05) is 0 Å². The maximum absolute atomic E-state index is 3.53. The van der Waals surface area contributed by atoms with E-state index in [9.17, 15) is 0 Å². The average molecular weight is 238 g/mol. The fourth-order valence-electron chi connectivity index (χ4n) is 3.31. The molecular weight excluding hydrogens is 208 g/mol. The minimum Gasteiger partial charge on any atom is -0.316 e. The number of nitrogens with zero attached hydrogens (tertiary/aromatic N) is 1. The average Bonchev–Trinajstić information content (AvgIpc) is 2.33. The summed E-state index contributed by atoms with van der Waals surface area (Å²) in [6.45, 7) is 6.62. The normalized spacial score (nSPS) is 28.6. The topological polar surface area (TPSA) is 15.3 Å². The molecule has 0 aromatic rings. The quantitative estimate of drug-likeness (QED) is 0.810. The Balaban J connectivity index is 1.56. The summed E-state index contributed by atoms with van der Waals surface area (Å²) in [7, 11) is 0. The Hall–Kier alpha value is -0.0800. The third-order valence-corrected chi connectivity index (χ3v) is 4.43. The van der Waals surface area contributed by atoms with Crippen molar-refractivity contribution in [2.45, 2.75) is 57.8 Å². The molecule has 0 amide bonds. The summed E-state index contributed by atoms with van der Waals surface area (Å²) in [6.07, 6.45) is 13.0. The molecule has 2 nitrogen and oxygen atoms in total. The monoisotopic (exact) mass is 238 g/mol. The predicted octanol–water partition coefficient (Wildman–Crippen LogP) is 3.03. The molecular formula is C15H30N2. The van der Waals surface area contributed by atoms with Gasteiger partial charge in [0.1, 0.15) is 0 Å². The highest BCUT2D eigenvalue weighted by molar-refractivity contribution is 4.70. The Bertz CT molecular complexity index is 179. The third-order valence-electron chi connectivity index (χ3n) is 4.43. The number of nitrogens with one attached hydrogen (secondary N) is 1. The molecule has 0 spiro atoms. The van der Waals surface area contributed by atoms with E-state index in [1.54, 1.807) is 0 Å². The van der Waals surface area contributed by atoms with E-state index < -0.39 is 0 Å². The minimum atomic E-state index is 0.971. The minimum absolute atomic E-state index is 0.971. The molecule has 0 bridgehead atoms. The van der Waals surface area contributed by atoms with Gasteiger partial charge in [0.05, 0.1) is 0 Å². The van der Waals surface area contributed by atoms with Crippen LogP contribution in [0.5, 0.6) is 0 Å². The van der Waals surface area contributed by atoms with Gasteiger partial charge in [-0.1, -0.05) is 19.3 Å². The first-order valence-electron chi connectivity index (χ1n) is 7.88. The molecule has 2 rings (SSSR count). The van der Waals surface area contributed by atoms with Gasteiger partial charge in [-0.25, -0.2) is 0 Å². The molecule has 0 saturated carbocycles. The van der Waals surface area contributed by atoms with Crippen molar-refractivity contribution in [1.82, 2.24) is 10.2 Å². The second-order valence-corrected chi connectivity index (χ2v) is 5.96. The lowest BCUT2D eigenvalue weighted by Crippen LogP contribution is -2.31. The molecule has 0 radical (unpaired) electrons. The summed E-state index contributed by atoms with van der Waals surface area (Å²) >= 11 is 0. The van der Waals surface area contributed by atoms with Crippen LogP contribution in [0.1, 0.15) is 57.8 Å². The van der Waals surface area contributed by atoms with Crippen molar-refractivity contribution >= 4 is 0 Å². The molecule has 2 heteroatoms. The van der Waals surface area contributed by atoms with Gasteiger partial charge < -0.3 is 10.2 Å². The van der Waals surface area contributed by atoms with Gasteiger partial charge in [-0.2, -0.15) is 0 Å². The van der Waals surface area contributed by atoms with Crippen molar-refractivity contribution < 1.29 is 0 Å². The van der Waals surface area contributed by atoms with Crippen molar-refractivity contribution in [2.24, 2.45) is 5.92 Å². The third kappa shape index (κ3) is 5.39. The summed E-state index contributed by atoms with van der Waals surface area (Å²) in [5.41, 5.74) is 0. The molecule has 0 aromatic carbocycles. The summed E-state index contributed by atoms with van der Waals surface area (Å²) in [5.74, 6) is 0.971. The van der Waals surface area contributed by atoms with Crippen molar-refractivity contribution in [3.63, 3.8) is 0 Å². The van der Waals surface area contributed by atoms with Crippen LogP contribution < -0.4 is 5.32 Å². The smallest absolute Gasteiger partial charge is 0.00186 e. The van der Waals surface area contributed by atoms with Crippen LogP contribution in [-0.4, -0.2) is 37.6 Å². The zero-order valence-electron chi connectivity index (χ0n) is 11.4. The van der Waals surface area contributed by atoms with Crippen molar-refractivity contribution in [3.05, 3.63) is 0 Å². The maximum atomic E-state index is 3.53. The van der Waals surface area contributed by atoms with E-state index in [1.165, 1.54) is 90.5 Å². The molecule has 1 atom stereocenters. The molecule has 2 heterocycles. The van der Waals surface area contributed by atoms with Crippen LogP contribution in [0.3, 0.4) is 0 Å². The van der Waals surface area contributed by atoms with Crippen LogP contribution in [0, 0.1) is 5.92 Å². The Morgan fingerprint density at radius 3 is 2.41 bits per heavy atom. The zero-order chi connectivity index (χ0) is 11.8. The van der Waals surface area contributed by atoms with E-state index in [0.29, 0.717) is 0 Å². The van der Waals surface area contributed by atoms with E-state index >= 15 is 0 Å². The Morgan fingerprint density at radius 1 is 0.941 bits per heavy atom. The summed E-state index contributed by atoms with van der Waals surface area (Å²) < 4.78 is 0. The van der Waals surface area contributed by atoms with Crippen LogP contribution in [-0.2, 0) is 0 Å². The summed E-state index contributed by atoms with van der Waals surface area (Å²) in [4.78, 5) is 2.72. The molecule has 1 N–H and O–H groups in total. The van der Waals surface area contributed by atoms with E-state index in [-0.39, 0.29) is 0 Å². The summed E-state index contributed by atoms with van der Waals surface area (Å²) in [5, 5.41) is 3.53. The first-order chi connectivity index (χ1) is 8.45. The van der Waals surface area contributed by atoms with E-state index in [1.807, 2.05) is 0 Å². The number of rotatable bonds is 4. The Morgan fingerprint density at radius 2 is 1.71 bits per heavy atom. The predicted molar refractivity (Wildman–Crippen MR) is 74.4 cm³/mol. The highest BCUT2D eigenvalue weighted by Gasteiger charge is 2.13. The van der Waals surface area contributed by atoms with Gasteiger partial charge in [0.2, 0.25) is 0 Å². The number of piperidine rings is 1. The Kier molecular flexibility index (Phi) is 6.36. The van der Waals surface area contributed by atoms with Gasteiger partial charge in [0.15, 0.2) is 0 Å². The van der Waals surface area contributed by atoms with Crippen molar-refractivity contribution in [1.29, 1.82) is 0 Å². The van der Waals surface area contributed by atoms with Crippen LogP contribution in [0.25, 0.3) is 0 Å². The van der Waals surface area contributed by atoms with Crippen LogP contribution >= 0.6 is 0 Å².